The molecule has 272 valence electrons. The third-order valence-corrected chi connectivity index (χ3v) is 13.3. The van der Waals surface area contributed by atoms with Crippen molar-refractivity contribution in [3.63, 3.8) is 0 Å². The van der Waals surface area contributed by atoms with Gasteiger partial charge >= 0.3 is 0 Å². The molecule has 0 aromatic heterocycles. The third-order valence-electron chi connectivity index (χ3n) is 12.4. The van der Waals surface area contributed by atoms with Gasteiger partial charge in [0.05, 0.1) is 0 Å². The minimum absolute atomic E-state index is 0.201. The smallest absolute Gasteiger partial charge is 0.113 e. The molecule has 0 aliphatic heterocycles. The number of thiol groups is 2. The lowest BCUT2D eigenvalue weighted by atomic mass is 9.57. The van der Waals surface area contributed by atoms with Crippen LogP contribution >= 0.6 is 25.3 Å². The first-order valence-corrected chi connectivity index (χ1v) is 20.1. The molecule has 1 saturated carbocycles. The first-order chi connectivity index (χ1) is 25.9. The molecule has 0 spiro atoms. The van der Waals surface area contributed by atoms with Crippen LogP contribution in [0.3, 0.4) is 0 Å². The van der Waals surface area contributed by atoms with Crippen LogP contribution in [0.2, 0.25) is 0 Å². The average molecular weight is 743 g/mol. The van der Waals surface area contributed by atoms with E-state index in [4.69, 9.17) is 44.6 Å². The van der Waals surface area contributed by atoms with Crippen LogP contribution < -0.4 is 16.9 Å². The van der Waals surface area contributed by atoms with Gasteiger partial charge in [0.25, 0.3) is 0 Å². The molecule has 1 fully saturated rings. The predicted octanol–water partition coefficient (Wildman–Crippen LogP) is 11.4. The average Bonchev–Trinajstić information content (AvgIpc) is 3.16. The Balaban J connectivity index is 1.50. The largest absolute Gasteiger partial charge is 0.398 e. The second kappa shape index (κ2) is 15.5. The van der Waals surface area contributed by atoms with E-state index in [9.17, 15) is 0 Å². The summed E-state index contributed by atoms with van der Waals surface area (Å²) in [5, 5.41) is 0. The maximum Gasteiger partial charge on any atom is 0.113 e. The molecule has 0 amide bonds. The molecule has 54 heavy (non-hydrogen) atoms. The molecule has 2 unspecified atom stereocenters. The summed E-state index contributed by atoms with van der Waals surface area (Å²) in [4.78, 5) is 1.84. The maximum absolute atomic E-state index is 7.32. The van der Waals surface area contributed by atoms with E-state index in [1.54, 1.807) is 0 Å². The molecule has 4 N–H and O–H groups in total. The van der Waals surface area contributed by atoms with Gasteiger partial charge < -0.3 is 11.5 Å². The summed E-state index contributed by atoms with van der Waals surface area (Å²) in [6, 6.07) is 35.9. The highest BCUT2D eigenvalue weighted by Crippen LogP contribution is 2.54. The van der Waals surface area contributed by atoms with Crippen molar-refractivity contribution in [2.45, 2.75) is 88.0 Å². The lowest BCUT2D eigenvalue weighted by molar-refractivity contribution is 0.129. The summed E-state index contributed by atoms with van der Waals surface area (Å²) in [6.07, 6.45) is 11.5. The number of rotatable bonds is 8. The highest BCUT2D eigenvalue weighted by atomic mass is 32.1. The molecule has 5 aromatic carbocycles. The lowest BCUT2D eigenvalue weighted by Crippen LogP contribution is -2.55. The van der Waals surface area contributed by atoms with Gasteiger partial charge in [0.1, 0.15) is 7.85 Å². The zero-order valence-electron chi connectivity index (χ0n) is 32.0. The van der Waals surface area contributed by atoms with E-state index < -0.39 is 0 Å². The van der Waals surface area contributed by atoms with Crippen molar-refractivity contribution in [1.82, 2.24) is 0 Å². The normalized spacial score (nSPS) is 20.6. The van der Waals surface area contributed by atoms with Crippen molar-refractivity contribution in [1.29, 1.82) is 0 Å². The molecule has 5 aromatic rings. The fraction of sp³-hybridized carbons (Fsp3) is 0.265. The first-order valence-electron chi connectivity index (χ1n) is 19.2. The van der Waals surface area contributed by atoms with Gasteiger partial charge in [-0.05, 0) is 132 Å². The Morgan fingerprint density at radius 3 is 2.24 bits per heavy atom. The second-order valence-electron chi connectivity index (χ2n) is 15.8. The summed E-state index contributed by atoms with van der Waals surface area (Å²) in [7, 11) is 6.40. The number of aryl methyl sites for hydroxylation is 1. The highest BCUT2D eigenvalue weighted by molar-refractivity contribution is 7.80. The predicted molar refractivity (Wildman–Crippen MR) is 238 cm³/mol. The number of allylic oxidation sites excluding steroid dienone is 4. The van der Waals surface area contributed by atoms with Crippen molar-refractivity contribution in [3.05, 3.63) is 160 Å². The zero-order chi connectivity index (χ0) is 38.2. The van der Waals surface area contributed by atoms with E-state index in [2.05, 4.69) is 119 Å². The van der Waals surface area contributed by atoms with Crippen LogP contribution in [0.25, 0.3) is 33.5 Å². The quantitative estimate of drug-likeness (QED) is 0.0945. The Bertz CT molecular complexity index is 2320. The van der Waals surface area contributed by atoms with Crippen molar-refractivity contribution in [3.8, 4) is 22.3 Å². The van der Waals surface area contributed by atoms with E-state index in [-0.39, 0.29) is 11.0 Å². The van der Waals surface area contributed by atoms with Crippen LogP contribution in [0.4, 0.5) is 0 Å². The van der Waals surface area contributed by atoms with Crippen molar-refractivity contribution >= 4 is 49.8 Å². The van der Waals surface area contributed by atoms with Gasteiger partial charge in [-0.25, -0.2) is 0 Å². The van der Waals surface area contributed by atoms with Crippen molar-refractivity contribution < 1.29 is 0 Å². The Hall–Kier alpha value is -4.16. The lowest BCUT2D eigenvalue weighted by Gasteiger charge is -2.51. The van der Waals surface area contributed by atoms with Gasteiger partial charge in [-0.3, -0.25) is 0 Å². The van der Waals surface area contributed by atoms with E-state index in [0.29, 0.717) is 12.1 Å². The summed E-state index contributed by atoms with van der Waals surface area (Å²) >= 11 is 10.3. The van der Waals surface area contributed by atoms with Gasteiger partial charge in [-0.1, -0.05) is 128 Å². The monoisotopic (exact) mass is 742 g/mol. The van der Waals surface area contributed by atoms with Gasteiger partial charge in [0, 0.05) is 32.0 Å². The molecule has 5 heteroatoms. The Kier molecular flexibility index (Phi) is 11.0. The van der Waals surface area contributed by atoms with Crippen molar-refractivity contribution in [2.75, 3.05) is 0 Å². The van der Waals surface area contributed by atoms with Crippen LogP contribution in [-0.2, 0) is 6.42 Å². The fourth-order valence-electron chi connectivity index (χ4n) is 9.00. The molecule has 0 heterocycles. The fourth-order valence-corrected chi connectivity index (χ4v) is 9.73. The molecule has 0 bridgehead atoms. The van der Waals surface area contributed by atoms with Crippen LogP contribution in [0.15, 0.2) is 136 Å². The highest BCUT2D eigenvalue weighted by Gasteiger charge is 2.47. The molecule has 2 aliphatic rings. The minimum Gasteiger partial charge on any atom is -0.398 e. The van der Waals surface area contributed by atoms with E-state index >= 15 is 0 Å². The molecule has 2 nitrogen and oxygen atoms in total. The van der Waals surface area contributed by atoms with Crippen LogP contribution in [-0.4, -0.2) is 13.4 Å². The summed E-state index contributed by atoms with van der Waals surface area (Å²) in [6.45, 7) is 9.12. The Morgan fingerprint density at radius 2 is 1.50 bits per heavy atom. The molecule has 0 saturated heterocycles. The van der Waals surface area contributed by atoms with E-state index in [1.165, 1.54) is 44.5 Å². The molecule has 7 rings (SSSR count). The number of hydrogen-bond acceptors (Lipinski definition) is 4. The third kappa shape index (κ3) is 7.19. The second-order valence-corrected chi connectivity index (χ2v) is 16.8. The van der Waals surface area contributed by atoms with Crippen LogP contribution in [0, 0.1) is 19.3 Å². The van der Waals surface area contributed by atoms with Crippen molar-refractivity contribution in [2.24, 2.45) is 16.9 Å². The molecular formula is C49H51BN2S2. The summed E-state index contributed by atoms with van der Waals surface area (Å²) in [5.74, 6) is 0. The van der Waals surface area contributed by atoms with Gasteiger partial charge in [0.15, 0.2) is 0 Å². The van der Waals surface area contributed by atoms with E-state index in [1.807, 2.05) is 24.3 Å². The Morgan fingerprint density at radius 1 is 0.796 bits per heavy atom. The molecular weight excluding hydrogens is 691 g/mol. The van der Waals surface area contributed by atoms with Gasteiger partial charge in [0.2, 0.25) is 0 Å². The number of hydrogen-bond donors (Lipinski definition) is 4. The van der Waals surface area contributed by atoms with Gasteiger partial charge in [-0.15, -0.1) is 25.3 Å². The molecule has 2 atom stereocenters. The van der Waals surface area contributed by atoms with Crippen LogP contribution in [0.1, 0.15) is 85.8 Å². The minimum atomic E-state index is -0.353. The van der Waals surface area contributed by atoms with E-state index in [0.717, 1.165) is 81.6 Å². The Labute approximate surface area is 335 Å². The van der Waals surface area contributed by atoms with Crippen LogP contribution in [0.5, 0.6) is 0 Å². The summed E-state index contributed by atoms with van der Waals surface area (Å²) in [5.41, 5.74) is 30.6. The molecule has 2 aliphatic carbocycles. The number of benzene rings is 5. The topological polar surface area (TPSA) is 52.0 Å². The first kappa shape index (κ1) is 38.1. The molecule has 2 radical (unpaired) electrons. The number of nitrogens with two attached hydrogens (primary N) is 2. The van der Waals surface area contributed by atoms with Gasteiger partial charge in [-0.2, -0.15) is 0 Å². The summed E-state index contributed by atoms with van der Waals surface area (Å²) < 4.78 is 0. The standard InChI is InChI=1S/C49H51BN2S2/c1-31-15-8-9-18-37(31)40-28-35(27-34-23-24-36(50)29-41(34)33-16-6-5-7-17-33)47(54)46(32(40)2)38-20-14-21-43(48(3)25-12-13-26-49(48,4)52)42(38)30-44(51)39-19-10-11-22-45(39)53/h5-11,15-20,22-24,28-30,53-54H,12-14,21,25-27,51-52H2,1-4H3/b44-30-. The maximum atomic E-state index is 7.32. The SMILES string of the molecule is [B]c1ccc(Cc2cc(-c3ccccc3C)c(C)c(C3=CCCC(C4(C)CCCCC4(C)N)=C3/C=C(\N)c3ccccc3S)c2S)c(-c2ccccc2)c1. The zero-order valence-corrected chi connectivity index (χ0v) is 33.8.